The molecule has 1 aromatic rings. The van der Waals surface area contributed by atoms with Gasteiger partial charge in [-0.05, 0) is 50.9 Å². The Labute approximate surface area is 106 Å². The average molecular weight is 234 g/mol. The van der Waals surface area contributed by atoms with Gasteiger partial charge in [-0.3, -0.25) is 4.98 Å². The molecular weight excluding hydrogens is 208 g/mol. The molecule has 0 bridgehead atoms. The maximum absolute atomic E-state index is 4.45. The molecule has 0 spiro atoms. The van der Waals surface area contributed by atoms with Crippen molar-refractivity contribution in [3.05, 3.63) is 29.1 Å². The lowest BCUT2D eigenvalue weighted by molar-refractivity contribution is 0.480. The first-order valence-electron chi connectivity index (χ1n) is 6.86. The van der Waals surface area contributed by atoms with Crippen LogP contribution in [0.3, 0.4) is 0 Å². The van der Waals surface area contributed by atoms with Gasteiger partial charge < -0.3 is 5.32 Å². The molecule has 0 radical (unpaired) electrons. The van der Waals surface area contributed by atoms with Gasteiger partial charge in [0.15, 0.2) is 0 Å². The van der Waals surface area contributed by atoms with Gasteiger partial charge in [0.1, 0.15) is 0 Å². The summed E-state index contributed by atoms with van der Waals surface area (Å²) in [6.45, 7) is 9.71. The number of hydrogen-bond acceptors (Lipinski definition) is 2. The van der Waals surface area contributed by atoms with Crippen LogP contribution in [0.4, 0.5) is 0 Å². The van der Waals surface area contributed by atoms with Crippen molar-refractivity contribution in [3.8, 4) is 0 Å². The van der Waals surface area contributed by atoms with E-state index >= 15 is 0 Å². The van der Waals surface area contributed by atoms with Gasteiger partial charge >= 0.3 is 0 Å². The van der Waals surface area contributed by atoms with Crippen molar-refractivity contribution >= 4 is 0 Å². The van der Waals surface area contributed by atoms with E-state index in [1.165, 1.54) is 31.2 Å². The van der Waals surface area contributed by atoms with Gasteiger partial charge in [-0.15, -0.1) is 0 Å². The van der Waals surface area contributed by atoms with Crippen molar-refractivity contribution in [1.29, 1.82) is 0 Å². The smallest absolute Gasteiger partial charge is 0.0379 e. The molecule has 0 aliphatic rings. The Morgan fingerprint density at radius 3 is 2.29 bits per heavy atom. The van der Waals surface area contributed by atoms with Crippen LogP contribution < -0.4 is 5.32 Å². The van der Waals surface area contributed by atoms with Gasteiger partial charge in [-0.1, -0.05) is 26.7 Å². The molecular formula is C15H26N2. The number of aromatic nitrogens is 1. The van der Waals surface area contributed by atoms with E-state index in [0.29, 0.717) is 6.04 Å². The third kappa shape index (κ3) is 4.86. The molecule has 1 unspecified atom stereocenters. The summed E-state index contributed by atoms with van der Waals surface area (Å²) >= 11 is 0. The molecule has 0 fully saturated rings. The van der Waals surface area contributed by atoms with Crippen molar-refractivity contribution in [2.75, 3.05) is 6.54 Å². The maximum Gasteiger partial charge on any atom is 0.0379 e. The topological polar surface area (TPSA) is 24.9 Å². The highest BCUT2D eigenvalue weighted by Gasteiger charge is 2.11. The molecule has 0 aliphatic carbocycles. The lowest BCUT2D eigenvalue weighted by atomic mass is 10.0. The number of hydrogen-bond donors (Lipinski definition) is 1. The number of unbranched alkanes of at least 4 members (excludes halogenated alkanes) is 1. The van der Waals surface area contributed by atoms with E-state index in [0.717, 1.165) is 17.9 Å². The predicted octanol–water partition coefficient (Wildman–Crippen LogP) is 3.93. The first-order chi connectivity index (χ1) is 8.17. The summed E-state index contributed by atoms with van der Waals surface area (Å²) in [5, 5.41) is 3.65. The summed E-state index contributed by atoms with van der Waals surface area (Å²) in [6.07, 6.45) is 4.94. The summed E-state index contributed by atoms with van der Waals surface area (Å²) < 4.78 is 0. The Bertz CT molecular complexity index is 305. The molecule has 96 valence electrons. The Balaban J connectivity index is 2.78. The van der Waals surface area contributed by atoms with E-state index in [1.807, 2.05) is 0 Å². The van der Waals surface area contributed by atoms with Gasteiger partial charge in [0.2, 0.25) is 0 Å². The van der Waals surface area contributed by atoms with Gasteiger partial charge in [0.05, 0.1) is 0 Å². The molecule has 1 aromatic heterocycles. The van der Waals surface area contributed by atoms with Gasteiger partial charge in [-0.2, -0.15) is 0 Å². The molecule has 17 heavy (non-hydrogen) atoms. The van der Waals surface area contributed by atoms with Gasteiger partial charge in [0, 0.05) is 17.4 Å². The van der Waals surface area contributed by atoms with Crippen molar-refractivity contribution in [3.63, 3.8) is 0 Å². The quantitative estimate of drug-likeness (QED) is 0.773. The fraction of sp³-hybridized carbons (Fsp3) is 0.667. The third-order valence-electron chi connectivity index (χ3n) is 2.99. The molecule has 0 saturated carbocycles. The summed E-state index contributed by atoms with van der Waals surface area (Å²) in [4.78, 5) is 4.45. The molecule has 0 aromatic carbocycles. The fourth-order valence-electron chi connectivity index (χ4n) is 2.18. The van der Waals surface area contributed by atoms with Crippen LogP contribution in [0.1, 0.15) is 62.5 Å². The van der Waals surface area contributed by atoms with E-state index in [9.17, 15) is 0 Å². The first-order valence-corrected chi connectivity index (χ1v) is 6.86. The molecule has 1 atom stereocenters. The minimum Gasteiger partial charge on any atom is -0.310 e. The molecule has 1 heterocycles. The SMILES string of the molecule is CCCCC(NCCC)c1cc(C)nc(C)c1. The lowest BCUT2D eigenvalue weighted by Crippen LogP contribution is -2.22. The fourth-order valence-corrected chi connectivity index (χ4v) is 2.18. The summed E-state index contributed by atoms with van der Waals surface area (Å²) in [5.41, 5.74) is 3.65. The Kier molecular flexibility index (Phi) is 6.20. The molecule has 2 heteroatoms. The van der Waals surface area contributed by atoms with Gasteiger partial charge in [-0.25, -0.2) is 0 Å². The number of nitrogens with zero attached hydrogens (tertiary/aromatic N) is 1. The summed E-state index contributed by atoms with van der Waals surface area (Å²) in [5.74, 6) is 0. The van der Waals surface area contributed by atoms with E-state index in [2.05, 4.69) is 50.1 Å². The average Bonchev–Trinajstić information content (AvgIpc) is 2.28. The lowest BCUT2D eigenvalue weighted by Gasteiger charge is -2.19. The number of rotatable bonds is 7. The zero-order valence-electron chi connectivity index (χ0n) is 11.7. The second-order valence-electron chi connectivity index (χ2n) is 4.83. The zero-order chi connectivity index (χ0) is 12.7. The second kappa shape index (κ2) is 7.44. The summed E-state index contributed by atoms with van der Waals surface area (Å²) in [7, 11) is 0. The van der Waals surface area contributed by atoms with Crippen molar-refractivity contribution in [2.45, 2.75) is 59.4 Å². The van der Waals surface area contributed by atoms with E-state index < -0.39 is 0 Å². The minimum absolute atomic E-state index is 0.496. The van der Waals surface area contributed by atoms with E-state index in [-0.39, 0.29) is 0 Å². The number of aryl methyl sites for hydroxylation is 2. The van der Waals surface area contributed by atoms with Crippen LogP contribution in [-0.2, 0) is 0 Å². The second-order valence-corrected chi connectivity index (χ2v) is 4.83. The van der Waals surface area contributed by atoms with Crippen LogP contribution in [0.25, 0.3) is 0 Å². The highest BCUT2D eigenvalue weighted by molar-refractivity contribution is 5.23. The molecule has 0 amide bonds. The van der Waals surface area contributed by atoms with Crippen LogP contribution in [0.15, 0.2) is 12.1 Å². The van der Waals surface area contributed by atoms with Gasteiger partial charge in [0.25, 0.3) is 0 Å². The van der Waals surface area contributed by atoms with Crippen LogP contribution in [-0.4, -0.2) is 11.5 Å². The normalized spacial score (nSPS) is 12.7. The third-order valence-corrected chi connectivity index (χ3v) is 2.99. The van der Waals surface area contributed by atoms with Crippen LogP contribution in [0.5, 0.6) is 0 Å². The highest BCUT2D eigenvalue weighted by atomic mass is 14.9. The number of pyridine rings is 1. The predicted molar refractivity (Wildman–Crippen MR) is 74.3 cm³/mol. The van der Waals surface area contributed by atoms with Crippen LogP contribution >= 0.6 is 0 Å². The molecule has 0 aliphatic heterocycles. The molecule has 2 nitrogen and oxygen atoms in total. The first kappa shape index (κ1) is 14.2. The summed E-state index contributed by atoms with van der Waals surface area (Å²) in [6, 6.07) is 4.93. The van der Waals surface area contributed by atoms with Crippen molar-refractivity contribution < 1.29 is 0 Å². The van der Waals surface area contributed by atoms with Crippen LogP contribution in [0.2, 0.25) is 0 Å². The van der Waals surface area contributed by atoms with E-state index in [1.54, 1.807) is 0 Å². The maximum atomic E-state index is 4.45. The molecule has 0 saturated heterocycles. The van der Waals surface area contributed by atoms with Crippen molar-refractivity contribution in [1.82, 2.24) is 10.3 Å². The standard InChI is InChI=1S/C15H26N2/c1-5-7-8-15(16-9-6-2)14-10-12(3)17-13(4)11-14/h10-11,15-16H,5-9H2,1-4H3. The van der Waals surface area contributed by atoms with Crippen molar-refractivity contribution in [2.24, 2.45) is 0 Å². The van der Waals surface area contributed by atoms with E-state index in [4.69, 9.17) is 0 Å². The Hall–Kier alpha value is -0.890. The minimum atomic E-state index is 0.496. The number of nitrogens with one attached hydrogen (secondary N) is 1. The monoisotopic (exact) mass is 234 g/mol. The highest BCUT2D eigenvalue weighted by Crippen LogP contribution is 2.20. The largest absolute Gasteiger partial charge is 0.310 e. The zero-order valence-corrected chi connectivity index (χ0v) is 11.7. The Morgan fingerprint density at radius 1 is 1.12 bits per heavy atom. The molecule has 1 N–H and O–H groups in total. The molecule has 1 rings (SSSR count). The van der Waals surface area contributed by atoms with Crippen LogP contribution in [0, 0.1) is 13.8 Å². The Morgan fingerprint density at radius 2 is 1.76 bits per heavy atom.